The number of rotatable bonds is 2. The van der Waals surface area contributed by atoms with E-state index in [-0.39, 0.29) is 5.02 Å². The van der Waals surface area contributed by atoms with Crippen molar-refractivity contribution >= 4 is 11.6 Å². The molecule has 1 atom stereocenters. The van der Waals surface area contributed by atoms with E-state index in [0.717, 1.165) is 12.0 Å². The van der Waals surface area contributed by atoms with Crippen molar-refractivity contribution in [2.45, 2.75) is 24.9 Å². The van der Waals surface area contributed by atoms with E-state index < -0.39 is 11.4 Å². The predicted octanol–water partition coefficient (Wildman–Crippen LogP) is 2.56. The fourth-order valence-corrected chi connectivity index (χ4v) is 2.12. The highest BCUT2D eigenvalue weighted by molar-refractivity contribution is 6.30. The van der Waals surface area contributed by atoms with Gasteiger partial charge in [-0.2, -0.15) is 0 Å². The third-order valence-corrected chi connectivity index (χ3v) is 3.13. The molecule has 1 unspecified atom stereocenters. The van der Waals surface area contributed by atoms with Gasteiger partial charge in [-0.25, -0.2) is 4.39 Å². The van der Waals surface area contributed by atoms with Crippen LogP contribution in [0.2, 0.25) is 5.02 Å². The van der Waals surface area contributed by atoms with Gasteiger partial charge in [-0.3, -0.25) is 0 Å². The van der Waals surface area contributed by atoms with Crippen LogP contribution in [0.15, 0.2) is 18.2 Å². The van der Waals surface area contributed by atoms with Gasteiger partial charge in [0.25, 0.3) is 0 Å². The summed E-state index contributed by atoms with van der Waals surface area (Å²) in [5, 5.41) is 10.3. The zero-order valence-electron chi connectivity index (χ0n) is 8.88. The lowest BCUT2D eigenvalue weighted by molar-refractivity contribution is -0.0845. The van der Waals surface area contributed by atoms with Crippen LogP contribution >= 0.6 is 11.6 Å². The topological polar surface area (TPSA) is 29.5 Å². The van der Waals surface area contributed by atoms with Crippen LogP contribution in [0.5, 0.6) is 0 Å². The third kappa shape index (κ3) is 2.73. The second-order valence-electron chi connectivity index (χ2n) is 4.31. The Bertz CT molecular complexity index is 375. The number of halogens is 2. The van der Waals surface area contributed by atoms with Crippen molar-refractivity contribution in [3.63, 3.8) is 0 Å². The van der Waals surface area contributed by atoms with Crippen molar-refractivity contribution in [2.24, 2.45) is 0 Å². The summed E-state index contributed by atoms with van der Waals surface area (Å²) in [4.78, 5) is 0. The number of aliphatic hydroxyl groups is 1. The van der Waals surface area contributed by atoms with Crippen LogP contribution in [0.1, 0.15) is 18.4 Å². The van der Waals surface area contributed by atoms with Crippen LogP contribution in [0.4, 0.5) is 4.39 Å². The lowest BCUT2D eigenvalue weighted by Gasteiger charge is -2.32. The average Bonchev–Trinajstić information content (AvgIpc) is 2.24. The Kier molecular flexibility index (Phi) is 3.47. The molecule has 1 aliphatic heterocycles. The summed E-state index contributed by atoms with van der Waals surface area (Å²) in [6, 6.07) is 4.62. The Hall–Kier alpha value is -0.640. The van der Waals surface area contributed by atoms with Crippen molar-refractivity contribution in [3.8, 4) is 0 Å². The van der Waals surface area contributed by atoms with Gasteiger partial charge < -0.3 is 9.84 Å². The van der Waals surface area contributed by atoms with Gasteiger partial charge in [0.15, 0.2) is 0 Å². The summed E-state index contributed by atoms with van der Waals surface area (Å²) >= 11 is 5.60. The van der Waals surface area contributed by atoms with Gasteiger partial charge in [-0.1, -0.05) is 17.7 Å². The SMILES string of the molecule is OC1(Cc2ccc(Cl)c(F)c2)CCCOC1. The normalized spacial score (nSPS) is 25.7. The third-order valence-electron chi connectivity index (χ3n) is 2.82. The van der Waals surface area contributed by atoms with E-state index in [4.69, 9.17) is 16.3 Å². The van der Waals surface area contributed by atoms with Crippen LogP contribution in [0, 0.1) is 5.82 Å². The molecule has 0 spiro atoms. The highest BCUT2D eigenvalue weighted by Crippen LogP contribution is 2.25. The Morgan fingerprint density at radius 2 is 2.31 bits per heavy atom. The molecule has 0 bridgehead atoms. The number of benzene rings is 1. The highest BCUT2D eigenvalue weighted by Gasteiger charge is 2.30. The molecule has 1 saturated heterocycles. The molecule has 0 aromatic heterocycles. The van der Waals surface area contributed by atoms with E-state index >= 15 is 0 Å². The fourth-order valence-electron chi connectivity index (χ4n) is 2.01. The zero-order valence-corrected chi connectivity index (χ0v) is 9.63. The van der Waals surface area contributed by atoms with Gasteiger partial charge in [-0.15, -0.1) is 0 Å². The predicted molar refractivity (Wildman–Crippen MR) is 60.1 cm³/mol. The van der Waals surface area contributed by atoms with Crippen molar-refractivity contribution in [2.75, 3.05) is 13.2 Å². The van der Waals surface area contributed by atoms with Crippen LogP contribution in [-0.4, -0.2) is 23.9 Å². The average molecular weight is 245 g/mol. The zero-order chi connectivity index (χ0) is 11.6. The van der Waals surface area contributed by atoms with Crippen molar-refractivity contribution in [1.29, 1.82) is 0 Å². The molecule has 1 aromatic carbocycles. The molecule has 1 fully saturated rings. The minimum Gasteiger partial charge on any atom is -0.387 e. The van der Waals surface area contributed by atoms with Crippen LogP contribution in [0.25, 0.3) is 0 Å². The smallest absolute Gasteiger partial charge is 0.142 e. The molecule has 2 rings (SSSR count). The van der Waals surface area contributed by atoms with E-state index in [9.17, 15) is 9.50 Å². The number of hydrogen-bond donors (Lipinski definition) is 1. The molecule has 0 saturated carbocycles. The van der Waals surface area contributed by atoms with Crippen LogP contribution in [-0.2, 0) is 11.2 Å². The summed E-state index contributed by atoms with van der Waals surface area (Å²) in [5.74, 6) is -0.445. The van der Waals surface area contributed by atoms with Crippen LogP contribution in [0.3, 0.4) is 0 Å². The molecule has 1 heterocycles. The second-order valence-corrected chi connectivity index (χ2v) is 4.71. The molecule has 1 N–H and O–H groups in total. The van der Waals surface area contributed by atoms with Crippen molar-refractivity contribution in [3.05, 3.63) is 34.6 Å². The quantitative estimate of drug-likeness (QED) is 0.867. The first-order chi connectivity index (χ1) is 7.59. The van der Waals surface area contributed by atoms with Gasteiger partial charge >= 0.3 is 0 Å². The Morgan fingerprint density at radius 3 is 2.94 bits per heavy atom. The van der Waals surface area contributed by atoms with Crippen molar-refractivity contribution < 1.29 is 14.2 Å². The Balaban J connectivity index is 2.10. The molecular formula is C12H14ClFO2. The molecule has 0 aliphatic carbocycles. The molecular weight excluding hydrogens is 231 g/mol. The summed E-state index contributed by atoms with van der Waals surface area (Å²) in [7, 11) is 0. The first-order valence-corrected chi connectivity index (χ1v) is 5.71. The van der Waals surface area contributed by atoms with E-state index in [2.05, 4.69) is 0 Å². The van der Waals surface area contributed by atoms with E-state index in [1.165, 1.54) is 12.1 Å². The van der Waals surface area contributed by atoms with Gasteiger partial charge in [0, 0.05) is 13.0 Å². The molecule has 16 heavy (non-hydrogen) atoms. The van der Waals surface area contributed by atoms with Gasteiger partial charge in [0.05, 0.1) is 17.2 Å². The van der Waals surface area contributed by atoms with E-state index in [1.54, 1.807) is 6.07 Å². The lowest BCUT2D eigenvalue weighted by atomic mass is 9.89. The summed E-state index contributed by atoms with van der Waals surface area (Å²) in [6.07, 6.45) is 1.94. The molecule has 88 valence electrons. The van der Waals surface area contributed by atoms with E-state index in [1.807, 2.05) is 0 Å². The number of ether oxygens (including phenoxy) is 1. The molecule has 0 radical (unpaired) electrons. The largest absolute Gasteiger partial charge is 0.387 e. The minimum atomic E-state index is -0.863. The lowest BCUT2D eigenvalue weighted by Crippen LogP contribution is -2.40. The maximum absolute atomic E-state index is 13.2. The molecule has 1 aliphatic rings. The molecule has 1 aromatic rings. The van der Waals surface area contributed by atoms with Gasteiger partial charge in [-0.05, 0) is 30.5 Å². The van der Waals surface area contributed by atoms with Crippen LogP contribution < -0.4 is 0 Å². The second kappa shape index (κ2) is 4.70. The Morgan fingerprint density at radius 1 is 1.50 bits per heavy atom. The highest BCUT2D eigenvalue weighted by atomic mass is 35.5. The minimum absolute atomic E-state index is 0.107. The van der Waals surface area contributed by atoms with E-state index in [0.29, 0.717) is 26.1 Å². The molecule has 4 heteroatoms. The summed E-state index contributed by atoms with van der Waals surface area (Å²) < 4.78 is 18.5. The molecule has 0 amide bonds. The Labute approximate surface area is 99.0 Å². The summed E-state index contributed by atoms with van der Waals surface area (Å²) in [5.41, 5.74) is -0.117. The summed E-state index contributed by atoms with van der Waals surface area (Å²) in [6.45, 7) is 1.01. The van der Waals surface area contributed by atoms with Gasteiger partial charge in [0.2, 0.25) is 0 Å². The maximum Gasteiger partial charge on any atom is 0.142 e. The van der Waals surface area contributed by atoms with Gasteiger partial charge in [0.1, 0.15) is 5.82 Å². The monoisotopic (exact) mass is 244 g/mol. The fraction of sp³-hybridized carbons (Fsp3) is 0.500. The number of hydrogen-bond acceptors (Lipinski definition) is 2. The molecule has 2 nitrogen and oxygen atoms in total. The standard InChI is InChI=1S/C12H14ClFO2/c13-10-3-2-9(6-11(10)14)7-12(15)4-1-5-16-8-12/h2-3,6,15H,1,4-5,7-8H2. The first-order valence-electron chi connectivity index (χ1n) is 5.33. The first kappa shape index (κ1) is 11.8. The van der Waals surface area contributed by atoms with Crippen molar-refractivity contribution in [1.82, 2.24) is 0 Å². The maximum atomic E-state index is 13.2.